The Morgan fingerprint density at radius 3 is 2.24 bits per heavy atom. The molecular formula is C22H32ClNO5. The van der Waals surface area contributed by atoms with E-state index in [1.54, 1.807) is 38.1 Å². The van der Waals surface area contributed by atoms with E-state index in [0.29, 0.717) is 43.2 Å². The molecule has 0 aromatic heterocycles. The summed E-state index contributed by atoms with van der Waals surface area (Å²) < 4.78 is 10.0. The Bertz CT molecular complexity index is 633. The molecule has 1 N–H and O–H groups in total. The number of carbonyl (C=O) groups excluding carboxylic acids is 3. The van der Waals surface area contributed by atoms with Crippen molar-refractivity contribution in [2.75, 3.05) is 19.8 Å². The number of esters is 2. The summed E-state index contributed by atoms with van der Waals surface area (Å²) in [6.45, 7) is 4.69. The Labute approximate surface area is 178 Å². The van der Waals surface area contributed by atoms with Crippen molar-refractivity contribution in [2.24, 2.45) is 0 Å². The summed E-state index contributed by atoms with van der Waals surface area (Å²) in [7, 11) is 0. The molecule has 29 heavy (non-hydrogen) atoms. The van der Waals surface area contributed by atoms with Crippen molar-refractivity contribution in [1.82, 2.24) is 5.32 Å². The second-order valence-electron chi connectivity index (χ2n) is 6.70. The Hall–Kier alpha value is -1.92. The molecule has 0 radical (unpaired) electrons. The van der Waals surface area contributed by atoms with Crippen LogP contribution in [0, 0.1) is 0 Å². The van der Waals surface area contributed by atoms with Crippen LogP contribution in [-0.4, -0.2) is 43.5 Å². The van der Waals surface area contributed by atoms with Gasteiger partial charge < -0.3 is 14.8 Å². The highest BCUT2D eigenvalue weighted by atomic mass is 35.5. The van der Waals surface area contributed by atoms with Gasteiger partial charge in [-0.2, -0.15) is 0 Å². The average Bonchev–Trinajstić information content (AvgIpc) is 2.69. The van der Waals surface area contributed by atoms with Crippen LogP contribution >= 0.6 is 11.6 Å². The van der Waals surface area contributed by atoms with Gasteiger partial charge in [0.25, 0.3) is 0 Å². The Morgan fingerprint density at radius 2 is 1.59 bits per heavy atom. The maximum Gasteiger partial charge on any atom is 0.323 e. The van der Waals surface area contributed by atoms with Crippen LogP contribution in [0.15, 0.2) is 24.3 Å². The van der Waals surface area contributed by atoms with E-state index in [-0.39, 0.29) is 24.1 Å². The molecule has 0 saturated heterocycles. The van der Waals surface area contributed by atoms with Gasteiger partial charge in [-0.3, -0.25) is 14.4 Å². The summed E-state index contributed by atoms with van der Waals surface area (Å²) in [4.78, 5) is 35.7. The van der Waals surface area contributed by atoms with Gasteiger partial charge in [-0.1, -0.05) is 30.9 Å². The molecule has 0 aliphatic rings. The van der Waals surface area contributed by atoms with Crippen LogP contribution in [0.3, 0.4) is 0 Å². The first-order chi connectivity index (χ1) is 14.0. The number of unbranched alkanes of at least 4 members (excludes halogenated alkanes) is 3. The zero-order valence-electron chi connectivity index (χ0n) is 17.4. The highest BCUT2D eigenvalue weighted by Crippen LogP contribution is 2.12. The molecule has 162 valence electrons. The molecule has 6 nitrogen and oxygen atoms in total. The molecule has 0 fully saturated rings. The number of carbonyl (C=O) groups is 3. The molecule has 1 aromatic carbocycles. The van der Waals surface area contributed by atoms with E-state index < -0.39 is 6.04 Å². The van der Waals surface area contributed by atoms with Crippen molar-refractivity contribution in [2.45, 2.75) is 64.8 Å². The maximum atomic E-state index is 12.2. The fraction of sp³-hybridized carbons (Fsp3) is 0.591. The van der Waals surface area contributed by atoms with Crippen LogP contribution in [0.4, 0.5) is 0 Å². The molecule has 0 aliphatic carbocycles. The number of hydrogen-bond acceptors (Lipinski definition) is 6. The molecule has 7 heteroatoms. The summed E-state index contributed by atoms with van der Waals surface area (Å²) in [5.74, 6) is -0.461. The van der Waals surface area contributed by atoms with Crippen LogP contribution < -0.4 is 5.32 Å². The van der Waals surface area contributed by atoms with Crippen molar-refractivity contribution in [3.05, 3.63) is 34.9 Å². The third-order valence-electron chi connectivity index (χ3n) is 4.41. The molecule has 0 spiro atoms. The molecule has 1 atom stereocenters. The largest absolute Gasteiger partial charge is 0.466 e. The summed E-state index contributed by atoms with van der Waals surface area (Å²) in [5.41, 5.74) is 0.602. The fourth-order valence-electron chi connectivity index (χ4n) is 2.89. The maximum absolute atomic E-state index is 12.2. The Morgan fingerprint density at radius 1 is 0.931 bits per heavy atom. The van der Waals surface area contributed by atoms with Gasteiger partial charge in [0.05, 0.1) is 13.2 Å². The van der Waals surface area contributed by atoms with Crippen LogP contribution in [0.2, 0.25) is 5.02 Å². The highest BCUT2D eigenvalue weighted by molar-refractivity contribution is 6.30. The fourth-order valence-corrected chi connectivity index (χ4v) is 3.02. The number of Topliss-reactive ketones (excluding diaryl/α,β-unsaturated/α-hetero) is 1. The summed E-state index contributed by atoms with van der Waals surface area (Å²) in [6.07, 6.45) is 4.80. The van der Waals surface area contributed by atoms with Gasteiger partial charge in [0.1, 0.15) is 6.04 Å². The van der Waals surface area contributed by atoms with Crippen molar-refractivity contribution in [3.63, 3.8) is 0 Å². The topological polar surface area (TPSA) is 81.7 Å². The van der Waals surface area contributed by atoms with Gasteiger partial charge in [0, 0.05) is 30.0 Å². The number of ether oxygens (including phenoxy) is 2. The predicted octanol–water partition coefficient (Wildman–Crippen LogP) is 4.34. The number of hydrogen-bond donors (Lipinski definition) is 1. The summed E-state index contributed by atoms with van der Waals surface area (Å²) in [6, 6.07) is 6.34. The Balaban J connectivity index is 2.34. The second kappa shape index (κ2) is 15.0. The van der Waals surface area contributed by atoms with Crippen molar-refractivity contribution >= 4 is 29.3 Å². The van der Waals surface area contributed by atoms with Gasteiger partial charge in [0.15, 0.2) is 5.78 Å². The van der Waals surface area contributed by atoms with Crippen molar-refractivity contribution < 1.29 is 23.9 Å². The second-order valence-corrected chi connectivity index (χ2v) is 7.13. The lowest BCUT2D eigenvalue weighted by atomic mass is 10.1. The lowest BCUT2D eigenvalue weighted by Gasteiger charge is -2.17. The number of halogens is 1. The summed E-state index contributed by atoms with van der Waals surface area (Å²) in [5, 5.41) is 3.73. The number of rotatable bonds is 15. The normalized spacial score (nSPS) is 11.7. The molecular weight excluding hydrogens is 394 g/mol. The smallest absolute Gasteiger partial charge is 0.323 e. The first-order valence-corrected chi connectivity index (χ1v) is 10.7. The molecule has 0 amide bonds. The van der Waals surface area contributed by atoms with E-state index >= 15 is 0 Å². The third-order valence-corrected chi connectivity index (χ3v) is 4.66. The van der Waals surface area contributed by atoms with E-state index in [1.165, 1.54) is 0 Å². The van der Waals surface area contributed by atoms with Gasteiger partial charge in [-0.15, -0.1) is 0 Å². The Kier molecular flexibility index (Phi) is 13.0. The van der Waals surface area contributed by atoms with Crippen molar-refractivity contribution in [3.8, 4) is 0 Å². The molecule has 0 bridgehead atoms. The van der Waals surface area contributed by atoms with Gasteiger partial charge in [-0.05, 0) is 51.0 Å². The first-order valence-electron chi connectivity index (χ1n) is 10.3. The molecule has 0 saturated carbocycles. The SMILES string of the molecule is CCOC(=O)CCCCCCC(NCCC(=O)c1ccc(Cl)cc1)C(=O)OCC. The molecule has 1 rings (SSSR count). The molecule has 1 unspecified atom stereocenters. The minimum absolute atomic E-state index is 0.00394. The number of ketones is 1. The number of benzene rings is 1. The predicted molar refractivity (Wildman–Crippen MR) is 113 cm³/mol. The standard InChI is InChI=1S/C22H32ClNO5/c1-3-28-21(26)10-8-6-5-7-9-19(22(27)29-4-2)24-16-15-20(25)17-11-13-18(23)14-12-17/h11-14,19,24H,3-10,15-16H2,1-2H3. The zero-order chi connectivity index (χ0) is 21.5. The minimum atomic E-state index is -0.432. The third kappa shape index (κ3) is 11.0. The van der Waals surface area contributed by atoms with Crippen LogP contribution in [-0.2, 0) is 19.1 Å². The van der Waals surface area contributed by atoms with E-state index in [0.717, 1.165) is 25.7 Å². The van der Waals surface area contributed by atoms with Gasteiger partial charge in [0.2, 0.25) is 0 Å². The zero-order valence-corrected chi connectivity index (χ0v) is 18.1. The quantitative estimate of drug-likeness (QED) is 0.256. The molecule has 0 heterocycles. The van der Waals surface area contributed by atoms with Crippen LogP contribution in [0.5, 0.6) is 0 Å². The van der Waals surface area contributed by atoms with E-state index in [2.05, 4.69) is 5.32 Å². The van der Waals surface area contributed by atoms with Crippen molar-refractivity contribution in [1.29, 1.82) is 0 Å². The average molecular weight is 426 g/mol. The van der Waals surface area contributed by atoms with E-state index in [9.17, 15) is 14.4 Å². The van der Waals surface area contributed by atoms with Crippen LogP contribution in [0.1, 0.15) is 69.2 Å². The minimum Gasteiger partial charge on any atom is -0.466 e. The number of nitrogens with one attached hydrogen (secondary N) is 1. The van der Waals surface area contributed by atoms with E-state index in [1.807, 2.05) is 0 Å². The monoisotopic (exact) mass is 425 g/mol. The van der Waals surface area contributed by atoms with Gasteiger partial charge >= 0.3 is 11.9 Å². The van der Waals surface area contributed by atoms with Gasteiger partial charge in [-0.25, -0.2) is 0 Å². The lowest BCUT2D eigenvalue weighted by molar-refractivity contribution is -0.146. The molecule has 1 aromatic rings. The summed E-state index contributed by atoms with van der Waals surface area (Å²) >= 11 is 5.84. The highest BCUT2D eigenvalue weighted by Gasteiger charge is 2.19. The van der Waals surface area contributed by atoms with E-state index in [4.69, 9.17) is 21.1 Å². The van der Waals surface area contributed by atoms with Crippen LogP contribution in [0.25, 0.3) is 0 Å². The first kappa shape index (κ1) is 25.1. The lowest BCUT2D eigenvalue weighted by Crippen LogP contribution is -2.39. The molecule has 0 aliphatic heterocycles.